The highest BCUT2D eigenvalue weighted by molar-refractivity contribution is 5.63. The molecule has 84 valence electrons. The van der Waals surface area contributed by atoms with Gasteiger partial charge in [0.2, 0.25) is 0 Å². The first kappa shape index (κ1) is 10.9. The number of aromatic nitrogens is 1. The zero-order valence-electron chi connectivity index (χ0n) is 9.66. The van der Waals surface area contributed by atoms with Crippen LogP contribution in [0.3, 0.4) is 0 Å². The molecule has 3 heteroatoms. The zero-order chi connectivity index (χ0) is 11.4. The van der Waals surface area contributed by atoms with Crippen LogP contribution in [0.4, 0.5) is 0 Å². The van der Waals surface area contributed by atoms with Gasteiger partial charge in [0.1, 0.15) is 5.69 Å². The fraction of sp³-hybridized carbons (Fsp3) is 0.308. The molecule has 0 aliphatic heterocycles. The highest BCUT2D eigenvalue weighted by Crippen LogP contribution is 2.25. The highest BCUT2D eigenvalue weighted by atomic mass is 16.3. The molecular weight excluding hydrogens is 200 g/mol. The van der Waals surface area contributed by atoms with Crippen LogP contribution in [0, 0.1) is 6.92 Å². The lowest BCUT2D eigenvalue weighted by molar-refractivity contribution is 0.569. The van der Waals surface area contributed by atoms with Crippen LogP contribution in [-0.2, 0) is 6.54 Å². The van der Waals surface area contributed by atoms with Crippen LogP contribution in [0.5, 0.6) is 0 Å². The average Bonchev–Trinajstić information content (AvgIpc) is 2.75. The number of nitrogens with one attached hydrogen (secondary N) is 1. The summed E-state index contributed by atoms with van der Waals surface area (Å²) in [5.41, 5.74) is 3.29. The molecule has 0 fully saturated rings. The second-order valence-electron chi connectivity index (χ2n) is 3.72. The maximum Gasteiger partial charge on any atom is 0.181 e. The number of rotatable bonds is 4. The van der Waals surface area contributed by atoms with Gasteiger partial charge < -0.3 is 9.73 Å². The van der Waals surface area contributed by atoms with Crippen LogP contribution in [0.2, 0.25) is 0 Å². The normalized spacial score (nSPS) is 10.6. The van der Waals surface area contributed by atoms with E-state index in [0.717, 1.165) is 30.1 Å². The topological polar surface area (TPSA) is 38.1 Å². The molecule has 0 aliphatic carbocycles. The maximum atomic E-state index is 5.48. The Kier molecular flexibility index (Phi) is 3.37. The van der Waals surface area contributed by atoms with Crippen LogP contribution in [-0.4, -0.2) is 11.5 Å². The van der Waals surface area contributed by atoms with Gasteiger partial charge in [-0.2, -0.15) is 0 Å². The van der Waals surface area contributed by atoms with Crippen molar-refractivity contribution < 1.29 is 4.42 Å². The van der Waals surface area contributed by atoms with E-state index in [-0.39, 0.29) is 0 Å². The first-order valence-electron chi connectivity index (χ1n) is 5.52. The molecule has 16 heavy (non-hydrogen) atoms. The van der Waals surface area contributed by atoms with Crippen molar-refractivity contribution in [2.75, 3.05) is 6.54 Å². The van der Waals surface area contributed by atoms with Gasteiger partial charge >= 0.3 is 0 Å². The molecule has 0 spiro atoms. The van der Waals surface area contributed by atoms with Crippen molar-refractivity contribution >= 4 is 0 Å². The molecule has 3 nitrogen and oxygen atoms in total. The number of aryl methyl sites for hydroxylation is 1. The van der Waals surface area contributed by atoms with E-state index in [9.17, 15) is 0 Å². The summed E-state index contributed by atoms with van der Waals surface area (Å²) in [4.78, 5) is 4.24. The second kappa shape index (κ2) is 4.94. The quantitative estimate of drug-likeness (QED) is 0.854. The fourth-order valence-corrected chi connectivity index (χ4v) is 1.69. The van der Waals surface area contributed by atoms with Crippen molar-refractivity contribution in [1.29, 1.82) is 0 Å². The Morgan fingerprint density at radius 3 is 2.88 bits per heavy atom. The molecule has 1 heterocycles. The molecule has 0 atom stereocenters. The maximum absolute atomic E-state index is 5.48. The largest absolute Gasteiger partial charge is 0.443 e. The van der Waals surface area contributed by atoms with Crippen LogP contribution >= 0.6 is 0 Å². The first-order valence-corrected chi connectivity index (χ1v) is 5.52. The van der Waals surface area contributed by atoms with E-state index in [1.807, 2.05) is 12.1 Å². The van der Waals surface area contributed by atoms with E-state index in [1.165, 1.54) is 12.0 Å². The van der Waals surface area contributed by atoms with Crippen molar-refractivity contribution in [2.24, 2.45) is 0 Å². The second-order valence-corrected chi connectivity index (χ2v) is 3.72. The summed E-state index contributed by atoms with van der Waals surface area (Å²) < 4.78 is 5.48. The Morgan fingerprint density at radius 2 is 2.12 bits per heavy atom. The van der Waals surface area contributed by atoms with Crippen LogP contribution < -0.4 is 5.32 Å². The van der Waals surface area contributed by atoms with Gasteiger partial charge in [0.15, 0.2) is 12.2 Å². The third-order valence-corrected chi connectivity index (χ3v) is 2.57. The molecule has 0 radical (unpaired) electrons. The third-order valence-electron chi connectivity index (χ3n) is 2.57. The standard InChI is InChI=1S/C13H16N2O/c1-3-14-8-12-13(16-9-15-12)11-7-5-4-6-10(11)2/h4-7,9,14H,3,8H2,1-2H3. The predicted octanol–water partition coefficient (Wildman–Crippen LogP) is 2.76. The molecule has 1 N–H and O–H groups in total. The van der Waals surface area contributed by atoms with E-state index in [2.05, 4.69) is 36.3 Å². The fourth-order valence-electron chi connectivity index (χ4n) is 1.69. The average molecular weight is 216 g/mol. The Morgan fingerprint density at radius 1 is 1.31 bits per heavy atom. The number of hydrogen-bond acceptors (Lipinski definition) is 3. The summed E-state index contributed by atoms with van der Waals surface area (Å²) >= 11 is 0. The summed E-state index contributed by atoms with van der Waals surface area (Å²) in [6.07, 6.45) is 1.51. The molecule has 0 saturated heterocycles. The molecule has 0 unspecified atom stereocenters. The minimum atomic E-state index is 0.747. The lowest BCUT2D eigenvalue weighted by atomic mass is 10.1. The summed E-state index contributed by atoms with van der Waals surface area (Å²) in [6, 6.07) is 8.18. The van der Waals surface area contributed by atoms with Gasteiger partial charge in [-0.05, 0) is 19.0 Å². The molecule has 0 aliphatic rings. The zero-order valence-corrected chi connectivity index (χ0v) is 9.66. The molecule has 1 aromatic heterocycles. The minimum absolute atomic E-state index is 0.747. The Hall–Kier alpha value is -1.61. The Labute approximate surface area is 95.5 Å². The molecule has 0 saturated carbocycles. The number of nitrogens with zero attached hydrogens (tertiary/aromatic N) is 1. The molecule has 0 bridgehead atoms. The van der Waals surface area contributed by atoms with Gasteiger partial charge in [-0.25, -0.2) is 4.98 Å². The van der Waals surface area contributed by atoms with E-state index in [1.54, 1.807) is 0 Å². The minimum Gasteiger partial charge on any atom is -0.443 e. The lowest BCUT2D eigenvalue weighted by Crippen LogP contribution is -2.12. The van der Waals surface area contributed by atoms with Crippen LogP contribution in [0.1, 0.15) is 18.2 Å². The van der Waals surface area contributed by atoms with Gasteiger partial charge in [0.05, 0.1) is 0 Å². The van der Waals surface area contributed by atoms with Crippen molar-refractivity contribution in [3.05, 3.63) is 41.9 Å². The van der Waals surface area contributed by atoms with Crippen LogP contribution in [0.15, 0.2) is 35.1 Å². The highest BCUT2D eigenvalue weighted by Gasteiger charge is 2.11. The smallest absolute Gasteiger partial charge is 0.181 e. The lowest BCUT2D eigenvalue weighted by Gasteiger charge is -2.04. The molecule has 2 rings (SSSR count). The monoisotopic (exact) mass is 216 g/mol. The van der Waals surface area contributed by atoms with Crippen molar-refractivity contribution in [2.45, 2.75) is 20.4 Å². The third kappa shape index (κ3) is 2.14. The Balaban J connectivity index is 2.33. The van der Waals surface area contributed by atoms with E-state index < -0.39 is 0 Å². The summed E-state index contributed by atoms with van der Waals surface area (Å²) in [6.45, 7) is 5.83. The molecule has 2 aromatic rings. The van der Waals surface area contributed by atoms with Crippen molar-refractivity contribution in [3.8, 4) is 11.3 Å². The molecule has 1 aromatic carbocycles. The molecule has 0 amide bonds. The van der Waals surface area contributed by atoms with Crippen molar-refractivity contribution in [3.63, 3.8) is 0 Å². The summed E-state index contributed by atoms with van der Waals surface area (Å²) in [7, 11) is 0. The molecular formula is C13H16N2O. The van der Waals surface area contributed by atoms with Gasteiger partial charge in [-0.1, -0.05) is 31.2 Å². The number of benzene rings is 1. The van der Waals surface area contributed by atoms with E-state index >= 15 is 0 Å². The van der Waals surface area contributed by atoms with Crippen molar-refractivity contribution in [1.82, 2.24) is 10.3 Å². The number of oxazole rings is 1. The first-order chi connectivity index (χ1) is 7.83. The summed E-state index contributed by atoms with van der Waals surface area (Å²) in [5, 5.41) is 3.26. The van der Waals surface area contributed by atoms with E-state index in [0.29, 0.717) is 0 Å². The summed E-state index contributed by atoms with van der Waals surface area (Å²) in [5.74, 6) is 0.874. The SMILES string of the molecule is CCNCc1ncoc1-c1ccccc1C. The van der Waals surface area contributed by atoms with Crippen LogP contribution in [0.25, 0.3) is 11.3 Å². The predicted molar refractivity (Wildman–Crippen MR) is 64.1 cm³/mol. The van der Waals surface area contributed by atoms with Gasteiger partial charge in [-0.3, -0.25) is 0 Å². The Bertz CT molecular complexity index is 462. The van der Waals surface area contributed by atoms with Gasteiger partial charge in [-0.15, -0.1) is 0 Å². The van der Waals surface area contributed by atoms with E-state index in [4.69, 9.17) is 4.42 Å². The number of hydrogen-bond donors (Lipinski definition) is 1. The van der Waals surface area contributed by atoms with Gasteiger partial charge in [0.25, 0.3) is 0 Å². The van der Waals surface area contributed by atoms with Gasteiger partial charge in [0, 0.05) is 12.1 Å².